The molecule has 2 atom stereocenters. The second-order valence-electron chi connectivity index (χ2n) is 14.8. The van der Waals surface area contributed by atoms with E-state index in [1.54, 1.807) is 0 Å². The monoisotopic (exact) mass is 642 g/mol. The van der Waals surface area contributed by atoms with Crippen LogP contribution in [0, 0.1) is 10.8 Å². The highest BCUT2D eigenvalue weighted by Gasteiger charge is 2.36. The van der Waals surface area contributed by atoms with E-state index < -0.39 is 23.7 Å². The smallest absolute Gasteiger partial charge is 0.205 e. The number of hydrogen-bond donors (Lipinski definition) is 1. The van der Waals surface area contributed by atoms with Gasteiger partial charge in [0.05, 0.1) is 17.8 Å². The van der Waals surface area contributed by atoms with E-state index in [0.29, 0.717) is 0 Å². The van der Waals surface area contributed by atoms with Crippen LogP contribution in [0.4, 0.5) is 0 Å². The quantitative estimate of drug-likeness (QED) is 0.185. The summed E-state index contributed by atoms with van der Waals surface area (Å²) in [6.07, 6.45) is 8.84. The largest absolute Gasteiger partial charge is 0.410 e. The van der Waals surface area contributed by atoms with Gasteiger partial charge in [-0.2, -0.15) is 0 Å². The van der Waals surface area contributed by atoms with E-state index in [4.69, 9.17) is 8.85 Å². The SMILES string of the molecule is CCC(=CCCC(O)(CC)CC)c1ccc(CCc2ccc(C(O[Si](C)C)C(C)(C)C)c(C(O[Si](C)C)C(C)(C)C)c2)s1. The number of rotatable bonds is 16. The Morgan fingerprint density at radius 3 is 1.86 bits per heavy atom. The van der Waals surface area contributed by atoms with Crippen LogP contribution >= 0.6 is 11.3 Å². The van der Waals surface area contributed by atoms with Crippen LogP contribution in [-0.2, 0) is 21.7 Å². The first-order chi connectivity index (χ1) is 19.9. The molecule has 0 saturated carbocycles. The summed E-state index contributed by atoms with van der Waals surface area (Å²) in [6.45, 7) is 29.2. The molecule has 0 spiro atoms. The van der Waals surface area contributed by atoms with E-state index in [-0.39, 0.29) is 23.0 Å². The molecule has 0 fully saturated rings. The Kier molecular flexibility index (Phi) is 14.7. The van der Waals surface area contributed by atoms with Gasteiger partial charge < -0.3 is 14.0 Å². The molecule has 0 aliphatic rings. The van der Waals surface area contributed by atoms with Crippen LogP contribution in [0.15, 0.2) is 36.4 Å². The zero-order valence-electron chi connectivity index (χ0n) is 29.7. The molecule has 0 aliphatic heterocycles. The minimum atomic E-state index is -0.908. The lowest BCUT2D eigenvalue weighted by Gasteiger charge is -2.39. The van der Waals surface area contributed by atoms with Gasteiger partial charge in [0.1, 0.15) is 0 Å². The van der Waals surface area contributed by atoms with Crippen molar-refractivity contribution in [3.63, 3.8) is 0 Å². The maximum atomic E-state index is 10.7. The van der Waals surface area contributed by atoms with Crippen molar-refractivity contribution in [1.29, 1.82) is 0 Å². The molecule has 2 radical (unpaired) electrons. The molecule has 2 rings (SSSR count). The average molecular weight is 643 g/mol. The van der Waals surface area contributed by atoms with Crippen LogP contribution < -0.4 is 0 Å². The molecule has 1 N–H and O–H groups in total. The van der Waals surface area contributed by atoms with Gasteiger partial charge in [-0.15, -0.1) is 11.3 Å². The van der Waals surface area contributed by atoms with E-state index >= 15 is 0 Å². The fourth-order valence-corrected chi connectivity index (χ4v) is 8.64. The molecule has 2 unspecified atom stereocenters. The molecular weight excluding hydrogens is 581 g/mol. The van der Waals surface area contributed by atoms with Crippen LogP contribution in [0.2, 0.25) is 26.2 Å². The summed E-state index contributed by atoms with van der Waals surface area (Å²) in [5.74, 6) is 0. The van der Waals surface area contributed by atoms with Gasteiger partial charge >= 0.3 is 0 Å². The van der Waals surface area contributed by atoms with Crippen molar-refractivity contribution in [3.05, 3.63) is 62.9 Å². The van der Waals surface area contributed by atoms with E-state index in [0.717, 1.165) is 44.9 Å². The van der Waals surface area contributed by atoms with Gasteiger partial charge in [0.15, 0.2) is 0 Å². The Morgan fingerprint density at radius 2 is 1.37 bits per heavy atom. The van der Waals surface area contributed by atoms with Crippen LogP contribution in [0.5, 0.6) is 0 Å². The number of aryl methyl sites for hydroxylation is 2. The van der Waals surface area contributed by atoms with Crippen LogP contribution in [0.3, 0.4) is 0 Å². The van der Waals surface area contributed by atoms with E-state index in [2.05, 4.69) is 125 Å². The van der Waals surface area contributed by atoms with Crippen LogP contribution in [0.1, 0.15) is 133 Å². The highest BCUT2D eigenvalue weighted by Crippen LogP contribution is 2.45. The first kappa shape index (κ1) is 38.2. The lowest BCUT2D eigenvalue weighted by atomic mass is 9.77. The van der Waals surface area contributed by atoms with Crippen LogP contribution in [-0.4, -0.2) is 28.8 Å². The summed E-state index contributed by atoms with van der Waals surface area (Å²) in [4.78, 5) is 2.80. The van der Waals surface area contributed by atoms with Crippen molar-refractivity contribution >= 4 is 35.0 Å². The summed E-state index contributed by atoms with van der Waals surface area (Å²) >= 11 is 1.93. The van der Waals surface area contributed by atoms with Crippen LogP contribution in [0.25, 0.3) is 5.57 Å². The van der Waals surface area contributed by atoms with Gasteiger partial charge in [-0.05, 0) is 116 Å². The Morgan fingerprint density at radius 1 is 0.814 bits per heavy atom. The zero-order chi connectivity index (χ0) is 32.6. The molecule has 0 bridgehead atoms. The molecular formula is C37H62O3SSi2. The Bertz CT molecular complexity index is 1150. The lowest BCUT2D eigenvalue weighted by molar-refractivity contribution is 0.0246. The molecule has 1 aromatic carbocycles. The predicted octanol–water partition coefficient (Wildman–Crippen LogP) is 11.4. The molecule has 6 heteroatoms. The first-order valence-corrected chi connectivity index (χ1v) is 22.1. The van der Waals surface area contributed by atoms with Crippen molar-refractivity contribution in [2.45, 2.75) is 151 Å². The van der Waals surface area contributed by atoms with Gasteiger partial charge in [0, 0.05) is 9.75 Å². The second kappa shape index (κ2) is 16.5. The van der Waals surface area contributed by atoms with Gasteiger partial charge in [0.25, 0.3) is 0 Å². The molecule has 242 valence electrons. The summed E-state index contributed by atoms with van der Waals surface area (Å²) in [5.41, 5.74) is 4.79. The van der Waals surface area contributed by atoms with Gasteiger partial charge in [-0.3, -0.25) is 0 Å². The first-order valence-electron chi connectivity index (χ1n) is 16.5. The number of thiophene rings is 1. The van der Waals surface area contributed by atoms with Gasteiger partial charge in [0.2, 0.25) is 18.1 Å². The van der Waals surface area contributed by atoms with E-state index in [1.165, 1.54) is 32.0 Å². The summed E-state index contributed by atoms with van der Waals surface area (Å²) < 4.78 is 13.5. The lowest BCUT2D eigenvalue weighted by Crippen LogP contribution is -2.31. The van der Waals surface area contributed by atoms with Crippen molar-refractivity contribution in [2.24, 2.45) is 10.8 Å². The highest BCUT2D eigenvalue weighted by atomic mass is 32.1. The van der Waals surface area contributed by atoms with Gasteiger partial charge in [-0.25, -0.2) is 0 Å². The van der Waals surface area contributed by atoms with E-state index in [1.807, 2.05) is 11.3 Å². The fourth-order valence-electron chi connectivity index (χ4n) is 5.62. The van der Waals surface area contributed by atoms with Crippen molar-refractivity contribution < 1.29 is 14.0 Å². The summed E-state index contributed by atoms with van der Waals surface area (Å²) in [5, 5.41) is 10.7. The summed E-state index contributed by atoms with van der Waals surface area (Å²) in [6, 6.07) is 11.7. The standard InChI is InChI=1S/C37H62O3SSi2/c1-14-28(18-17-25-37(38,15-2)16-3)32-24-22-29(41-32)21-19-27-20-23-30(33(35(4,5)6)39-42(10)11)31(26-27)34(36(7,8)9)40-43(12)13/h18,20,22-24,26,33-34,38H,14-17,19,21,25H2,1-13H3. The third-order valence-electron chi connectivity index (χ3n) is 8.33. The fraction of sp³-hybridized carbons (Fsp3) is 0.676. The van der Waals surface area contributed by atoms with Crippen molar-refractivity contribution in [2.75, 3.05) is 0 Å². The molecule has 0 aliphatic carbocycles. The molecule has 43 heavy (non-hydrogen) atoms. The van der Waals surface area contributed by atoms with Crippen molar-refractivity contribution in [3.8, 4) is 0 Å². The normalized spacial score (nSPS) is 15.0. The molecule has 1 aromatic heterocycles. The molecule has 0 saturated heterocycles. The number of aliphatic hydroxyl groups is 1. The Hall–Kier alpha value is -1.03. The summed E-state index contributed by atoms with van der Waals surface area (Å²) in [7, 11) is -1.80. The average Bonchev–Trinajstić information content (AvgIpc) is 3.39. The number of allylic oxidation sites excluding steroid dienone is 2. The number of benzene rings is 1. The molecule has 2 aromatic rings. The number of hydrogen-bond acceptors (Lipinski definition) is 4. The molecule has 3 nitrogen and oxygen atoms in total. The van der Waals surface area contributed by atoms with Crippen molar-refractivity contribution in [1.82, 2.24) is 0 Å². The highest BCUT2D eigenvalue weighted by molar-refractivity contribution is 7.13. The maximum absolute atomic E-state index is 10.7. The minimum absolute atomic E-state index is 0.0174. The molecule has 1 heterocycles. The second-order valence-corrected chi connectivity index (χ2v) is 20.1. The maximum Gasteiger partial charge on any atom is 0.205 e. The third kappa shape index (κ3) is 11.7. The van der Waals surface area contributed by atoms with Gasteiger partial charge in [-0.1, -0.05) is 86.6 Å². The zero-order valence-corrected chi connectivity index (χ0v) is 32.6. The molecule has 0 amide bonds. The predicted molar refractivity (Wildman–Crippen MR) is 193 cm³/mol. The minimum Gasteiger partial charge on any atom is -0.410 e. The third-order valence-corrected chi connectivity index (χ3v) is 11.0. The van der Waals surface area contributed by atoms with E-state index in [9.17, 15) is 5.11 Å². The topological polar surface area (TPSA) is 38.7 Å². The Labute approximate surface area is 273 Å². The Balaban J connectivity index is 2.38.